The van der Waals surface area contributed by atoms with Crippen molar-refractivity contribution >= 4 is 11.6 Å². The Morgan fingerprint density at radius 3 is 2.53 bits per heavy atom. The van der Waals surface area contributed by atoms with Gasteiger partial charge in [0.05, 0.1) is 23.9 Å². The largest absolute Gasteiger partial charge is 0.487 e. The molecule has 10 nitrogen and oxygen atoms in total. The first-order valence-corrected chi connectivity index (χ1v) is 21.5. The summed E-state index contributed by atoms with van der Waals surface area (Å²) in [5.41, 5.74) is 5.67. The summed E-state index contributed by atoms with van der Waals surface area (Å²) in [6, 6.07) is 21.6. The summed E-state index contributed by atoms with van der Waals surface area (Å²) in [4.78, 5) is 27.3. The Balaban J connectivity index is 1.40. The predicted molar refractivity (Wildman–Crippen MR) is 224 cm³/mol. The molecular weight excluding hydrogens is 731 g/mol. The van der Waals surface area contributed by atoms with Crippen molar-refractivity contribution in [1.29, 1.82) is 0 Å². The summed E-state index contributed by atoms with van der Waals surface area (Å²) in [5.74, 6) is 0.118. The molecule has 4 aliphatic rings. The van der Waals surface area contributed by atoms with Gasteiger partial charge in [-0.3, -0.25) is 9.78 Å². The fourth-order valence-electron chi connectivity index (χ4n) is 9.56. The molecule has 1 aliphatic heterocycles. The van der Waals surface area contributed by atoms with E-state index >= 15 is 0 Å². The molecule has 3 aromatic rings. The maximum atomic E-state index is 14.4. The summed E-state index contributed by atoms with van der Waals surface area (Å²) in [6.07, 6.45) is 12.0. The number of oxime groups is 1. The predicted octanol–water partition coefficient (Wildman–Crippen LogP) is 8.45. The molecule has 7 rings (SSSR count). The third-order valence-electron chi connectivity index (χ3n) is 12.3. The van der Waals surface area contributed by atoms with Crippen molar-refractivity contribution < 1.29 is 34.1 Å². The molecular formula is C48H61N3O7. The molecule has 2 N–H and O–H groups in total. The number of nitrogens with zero attached hydrogens (tertiary/aromatic N) is 3. The molecule has 6 unspecified atom stereocenters. The highest BCUT2D eigenvalue weighted by Crippen LogP contribution is 2.62. The van der Waals surface area contributed by atoms with E-state index in [1.165, 1.54) is 0 Å². The number of aromatic nitrogens is 1. The van der Waals surface area contributed by atoms with Crippen molar-refractivity contribution in [3.05, 3.63) is 114 Å². The monoisotopic (exact) mass is 791 g/mol. The van der Waals surface area contributed by atoms with Crippen molar-refractivity contribution in [2.45, 2.75) is 109 Å². The van der Waals surface area contributed by atoms with Crippen LogP contribution in [-0.2, 0) is 27.6 Å². The Morgan fingerprint density at radius 1 is 1.02 bits per heavy atom. The molecule has 2 heterocycles. The zero-order valence-corrected chi connectivity index (χ0v) is 34.3. The zero-order chi connectivity index (χ0) is 40.5. The highest BCUT2D eigenvalue weighted by atomic mass is 16.7. The number of fused-ring (bicyclic) bond motifs is 2. The summed E-state index contributed by atoms with van der Waals surface area (Å²) >= 11 is 0. The Bertz CT molecular complexity index is 1910. The molecule has 310 valence electrons. The molecule has 0 bridgehead atoms. The van der Waals surface area contributed by atoms with E-state index in [9.17, 15) is 15.0 Å². The number of hydrogen-bond acceptors (Lipinski definition) is 9. The average molecular weight is 792 g/mol. The van der Waals surface area contributed by atoms with E-state index in [0.717, 1.165) is 90.2 Å². The van der Waals surface area contributed by atoms with E-state index in [1.54, 1.807) is 6.08 Å². The molecule has 1 amide bonds. The number of unbranched alkanes of at least 4 members (excludes halogenated alkanes) is 2. The van der Waals surface area contributed by atoms with Crippen LogP contribution in [0.5, 0.6) is 11.5 Å². The highest BCUT2D eigenvalue weighted by molar-refractivity contribution is 6.03. The molecule has 2 saturated carbocycles. The summed E-state index contributed by atoms with van der Waals surface area (Å²) in [7, 11) is 0. The fraction of sp³-hybridized carbons (Fsp3) is 0.521. The minimum atomic E-state index is -1.25. The number of allylic oxidation sites excluding steroid dienone is 1. The van der Waals surface area contributed by atoms with Crippen LogP contribution in [0.25, 0.3) is 0 Å². The Kier molecular flexibility index (Phi) is 14.0. The molecule has 10 heteroatoms. The van der Waals surface area contributed by atoms with Crippen LogP contribution in [0.1, 0.15) is 99.6 Å². The number of carbonyl (C=O) groups excluding carboxylic acids is 1. The molecule has 58 heavy (non-hydrogen) atoms. The first-order valence-electron chi connectivity index (χ1n) is 21.5. The van der Waals surface area contributed by atoms with Gasteiger partial charge < -0.3 is 34.2 Å². The smallest absolute Gasteiger partial charge is 0.239 e. The molecule has 1 aromatic heterocycles. The van der Waals surface area contributed by atoms with E-state index < -0.39 is 11.8 Å². The van der Waals surface area contributed by atoms with Crippen LogP contribution in [0.2, 0.25) is 0 Å². The maximum absolute atomic E-state index is 14.4. The van der Waals surface area contributed by atoms with E-state index in [1.807, 2.05) is 72.5 Å². The van der Waals surface area contributed by atoms with Crippen LogP contribution in [0, 0.1) is 30.6 Å². The van der Waals surface area contributed by atoms with Gasteiger partial charge in [0.25, 0.3) is 0 Å². The fourth-order valence-corrected chi connectivity index (χ4v) is 9.56. The third kappa shape index (κ3) is 9.19. The maximum Gasteiger partial charge on any atom is 0.239 e. The number of aliphatic hydroxyl groups excluding tert-OH is 2. The molecule has 0 spiro atoms. The van der Waals surface area contributed by atoms with Crippen LogP contribution in [0.4, 0.5) is 0 Å². The van der Waals surface area contributed by atoms with Crippen LogP contribution >= 0.6 is 0 Å². The Hall–Kier alpha value is -4.51. The van der Waals surface area contributed by atoms with Crippen molar-refractivity contribution in [2.24, 2.45) is 28.8 Å². The normalized spacial score (nSPS) is 25.2. The lowest BCUT2D eigenvalue weighted by Gasteiger charge is -2.60. The van der Waals surface area contributed by atoms with Crippen LogP contribution < -0.4 is 9.47 Å². The second-order valence-corrected chi connectivity index (χ2v) is 16.4. The second-order valence-electron chi connectivity index (χ2n) is 16.4. The molecule has 3 aliphatic carbocycles. The van der Waals surface area contributed by atoms with Gasteiger partial charge in [-0.2, -0.15) is 0 Å². The SMILES string of the molecule is C=CCOC12Oc3ccc(OCc4cccc(C)n4)cc3C3C(CCCCO)C(CCCCO)C=C(C(=NOCc4ccccc4)CC1N(CCC)C(=O)C1CC1)C32. The van der Waals surface area contributed by atoms with Gasteiger partial charge >= 0.3 is 0 Å². The van der Waals surface area contributed by atoms with Crippen molar-refractivity contribution in [1.82, 2.24) is 9.88 Å². The minimum absolute atomic E-state index is 0.00238. The zero-order valence-electron chi connectivity index (χ0n) is 34.3. The van der Waals surface area contributed by atoms with Crippen LogP contribution in [0.15, 0.2) is 96.2 Å². The van der Waals surface area contributed by atoms with Gasteiger partial charge in [-0.05, 0) is 105 Å². The van der Waals surface area contributed by atoms with Gasteiger partial charge in [-0.1, -0.05) is 73.5 Å². The average Bonchev–Trinajstić information content (AvgIpc) is 4.09. The van der Waals surface area contributed by atoms with E-state index in [-0.39, 0.29) is 55.3 Å². The van der Waals surface area contributed by atoms with Gasteiger partial charge in [0.1, 0.15) is 30.8 Å². The number of rotatable bonds is 21. The molecule has 0 radical (unpaired) electrons. The second kappa shape index (κ2) is 19.5. The number of hydrogen-bond donors (Lipinski definition) is 2. The van der Waals surface area contributed by atoms with E-state index in [0.29, 0.717) is 39.0 Å². The lowest BCUT2D eigenvalue weighted by Crippen LogP contribution is -2.70. The van der Waals surface area contributed by atoms with Crippen molar-refractivity contribution in [3.8, 4) is 11.5 Å². The Morgan fingerprint density at radius 2 is 1.81 bits per heavy atom. The van der Waals surface area contributed by atoms with Gasteiger partial charge in [0.15, 0.2) is 0 Å². The van der Waals surface area contributed by atoms with Crippen molar-refractivity contribution in [2.75, 3.05) is 26.4 Å². The quantitative estimate of drug-likeness (QED) is 0.0627. The number of aliphatic hydroxyl groups is 2. The molecule has 2 fully saturated rings. The molecule has 0 saturated heterocycles. The summed E-state index contributed by atoms with van der Waals surface area (Å²) < 4.78 is 20.9. The standard InChI is InChI=1S/C48H61N3O7/c1-4-24-51(47(54)35-20-21-35)44-30-42(50-57-31-34-15-7-6-8-16-34)40-28-36(17-9-11-25-52)39(19-10-12-26-53)45-41-29-38(55-32-37-18-13-14-33(3)49-37)22-23-43(41)58-48(44,46(40)45)56-27-5-2/h5-8,13-16,18,22-23,28-29,35-36,39,44-46,52-53H,2,4,9-12,17,19-21,24-27,30-32H2,1,3H3. The van der Waals surface area contributed by atoms with Gasteiger partial charge in [-0.25, -0.2) is 0 Å². The summed E-state index contributed by atoms with van der Waals surface area (Å²) in [5, 5.41) is 24.8. The summed E-state index contributed by atoms with van der Waals surface area (Å²) in [6.45, 7) is 9.84. The van der Waals surface area contributed by atoms with Gasteiger partial charge in [0, 0.05) is 49.3 Å². The van der Waals surface area contributed by atoms with Gasteiger partial charge in [0.2, 0.25) is 11.7 Å². The number of aryl methyl sites for hydroxylation is 1. The Labute approximate surface area is 343 Å². The number of pyridine rings is 1. The number of amides is 1. The molecule has 6 atom stereocenters. The number of benzene rings is 2. The first-order chi connectivity index (χ1) is 28.4. The lowest BCUT2D eigenvalue weighted by molar-refractivity contribution is -0.257. The van der Waals surface area contributed by atoms with Gasteiger partial charge in [-0.15, -0.1) is 6.58 Å². The number of ether oxygens (including phenoxy) is 3. The topological polar surface area (TPSA) is 123 Å². The lowest BCUT2D eigenvalue weighted by atomic mass is 9.55. The highest BCUT2D eigenvalue weighted by Gasteiger charge is 2.65. The van der Waals surface area contributed by atoms with Crippen LogP contribution in [0.3, 0.4) is 0 Å². The van der Waals surface area contributed by atoms with Crippen molar-refractivity contribution in [3.63, 3.8) is 0 Å². The van der Waals surface area contributed by atoms with E-state index in [2.05, 4.69) is 30.6 Å². The minimum Gasteiger partial charge on any atom is -0.487 e. The van der Waals surface area contributed by atoms with Crippen LogP contribution in [-0.4, -0.2) is 69.9 Å². The third-order valence-corrected chi connectivity index (χ3v) is 12.3. The first kappa shape index (κ1) is 41.6. The number of carbonyl (C=O) groups is 1. The molecule has 2 aromatic carbocycles. The van der Waals surface area contributed by atoms with E-state index in [4.69, 9.17) is 24.2 Å².